The minimum atomic E-state index is -1.54. The first-order chi connectivity index (χ1) is 14.4. The second-order valence-electron chi connectivity index (χ2n) is 6.03. The van der Waals surface area contributed by atoms with Crippen LogP contribution < -0.4 is 10.6 Å². The van der Waals surface area contributed by atoms with Crippen molar-refractivity contribution in [2.45, 2.75) is 0 Å². The van der Waals surface area contributed by atoms with Crippen LogP contribution in [0.15, 0.2) is 66.7 Å². The first-order valence-electron chi connectivity index (χ1n) is 8.61. The highest BCUT2D eigenvalue weighted by atomic mass is 16.4. The van der Waals surface area contributed by atoms with Crippen molar-refractivity contribution in [2.24, 2.45) is 0 Å². The van der Waals surface area contributed by atoms with Crippen molar-refractivity contribution in [2.75, 3.05) is 10.6 Å². The number of nitrogens with zero attached hydrogens (tertiary/aromatic N) is 1. The second-order valence-corrected chi connectivity index (χ2v) is 6.03. The Morgan fingerprint density at radius 3 is 1.33 bits per heavy atom. The molecular weight excluding hydrogens is 390 g/mol. The number of amides is 2. The third-order valence-corrected chi connectivity index (χ3v) is 4.00. The Labute approximate surface area is 170 Å². The quantitative estimate of drug-likeness (QED) is 0.493. The molecule has 150 valence electrons. The fourth-order valence-corrected chi connectivity index (χ4v) is 2.60. The van der Waals surface area contributed by atoms with Gasteiger partial charge in [-0.25, -0.2) is 14.6 Å². The number of carboxylic acids is 2. The number of hydrogen-bond donors (Lipinski definition) is 4. The number of aromatic nitrogens is 1. The molecule has 0 aliphatic rings. The normalized spacial score (nSPS) is 10.1. The number of carbonyl (C=O) groups is 4. The smallest absolute Gasteiger partial charge is 0.356 e. The van der Waals surface area contributed by atoms with Crippen LogP contribution in [-0.2, 0) is 0 Å². The highest BCUT2D eigenvalue weighted by Gasteiger charge is 2.23. The van der Waals surface area contributed by atoms with Gasteiger partial charge in [0.1, 0.15) is 0 Å². The Morgan fingerprint density at radius 1 is 0.633 bits per heavy atom. The van der Waals surface area contributed by atoms with Gasteiger partial charge in [0, 0.05) is 11.1 Å². The fourth-order valence-electron chi connectivity index (χ4n) is 2.60. The highest BCUT2D eigenvalue weighted by Crippen LogP contribution is 2.24. The van der Waals surface area contributed by atoms with Crippen LogP contribution in [0.1, 0.15) is 41.7 Å². The molecule has 1 aromatic heterocycles. The molecule has 0 bridgehead atoms. The minimum Gasteiger partial charge on any atom is -0.476 e. The average Bonchev–Trinajstić information content (AvgIpc) is 2.74. The number of carbonyl (C=O) groups excluding carboxylic acids is 2. The molecule has 1 heterocycles. The Balaban J connectivity index is 2.02. The Bertz CT molecular complexity index is 1040. The Morgan fingerprint density at radius 2 is 1.00 bits per heavy atom. The predicted molar refractivity (Wildman–Crippen MR) is 107 cm³/mol. The molecule has 0 aliphatic carbocycles. The lowest BCUT2D eigenvalue weighted by atomic mass is 10.1. The summed E-state index contributed by atoms with van der Waals surface area (Å²) in [5, 5.41) is 23.6. The molecule has 0 aliphatic heterocycles. The zero-order chi connectivity index (χ0) is 21.7. The molecule has 0 saturated heterocycles. The Kier molecular flexibility index (Phi) is 5.83. The van der Waals surface area contributed by atoms with E-state index < -0.39 is 35.1 Å². The number of pyridine rings is 1. The summed E-state index contributed by atoms with van der Waals surface area (Å²) in [6, 6.07) is 17.1. The molecule has 9 heteroatoms. The van der Waals surface area contributed by atoms with Gasteiger partial charge in [-0.15, -0.1) is 0 Å². The molecule has 0 unspecified atom stereocenters. The van der Waals surface area contributed by atoms with Gasteiger partial charge in [-0.3, -0.25) is 9.59 Å². The molecule has 0 atom stereocenters. The zero-order valence-electron chi connectivity index (χ0n) is 15.3. The van der Waals surface area contributed by atoms with E-state index in [0.717, 1.165) is 6.07 Å². The maximum atomic E-state index is 12.4. The summed E-state index contributed by atoms with van der Waals surface area (Å²) in [7, 11) is 0. The number of carboxylic acid groups (broad SMARTS) is 2. The number of nitrogens with one attached hydrogen (secondary N) is 2. The van der Waals surface area contributed by atoms with Crippen LogP contribution in [0.3, 0.4) is 0 Å². The minimum absolute atomic E-state index is 0.256. The monoisotopic (exact) mass is 405 g/mol. The lowest BCUT2D eigenvalue weighted by molar-refractivity contribution is 0.0687. The van der Waals surface area contributed by atoms with Gasteiger partial charge in [0.25, 0.3) is 11.8 Å². The lowest BCUT2D eigenvalue weighted by Gasteiger charge is -2.13. The van der Waals surface area contributed by atoms with Crippen molar-refractivity contribution in [1.82, 2.24) is 4.98 Å². The largest absolute Gasteiger partial charge is 0.476 e. The molecule has 3 aromatic rings. The van der Waals surface area contributed by atoms with Crippen LogP contribution in [0.4, 0.5) is 11.4 Å². The van der Waals surface area contributed by atoms with Crippen molar-refractivity contribution in [1.29, 1.82) is 0 Å². The third kappa shape index (κ3) is 4.47. The molecule has 0 spiro atoms. The number of hydrogen-bond acceptors (Lipinski definition) is 5. The van der Waals surface area contributed by atoms with Gasteiger partial charge in [-0.1, -0.05) is 36.4 Å². The second kappa shape index (κ2) is 8.65. The SMILES string of the molecule is O=C(Nc1cc(NC(=O)c2ccccc2)c(C(=O)O)nc1C(=O)O)c1ccccc1. The van der Waals surface area contributed by atoms with Crippen molar-refractivity contribution >= 4 is 35.1 Å². The summed E-state index contributed by atoms with van der Waals surface area (Å²) < 4.78 is 0. The molecule has 0 saturated carbocycles. The van der Waals surface area contributed by atoms with Crippen molar-refractivity contribution < 1.29 is 29.4 Å². The van der Waals surface area contributed by atoms with E-state index in [0.29, 0.717) is 0 Å². The van der Waals surface area contributed by atoms with E-state index in [9.17, 15) is 29.4 Å². The summed E-state index contributed by atoms with van der Waals surface area (Å²) >= 11 is 0. The predicted octanol–water partition coefficient (Wildman–Crippen LogP) is 2.98. The summed E-state index contributed by atoms with van der Waals surface area (Å²) in [5.74, 6) is -4.32. The zero-order valence-corrected chi connectivity index (χ0v) is 15.3. The van der Waals surface area contributed by atoms with Crippen LogP contribution in [0, 0.1) is 0 Å². The van der Waals surface area contributed by atoms with E-state index in [1.165, 1.54) is 24.3 Å². The molecule has 4 N–H and O–H groups in total. The van der Waals surface area contributed by atoms with E-state index in [2.05, 4.69) is 15.6 Å². The third-order valence-electron chi connectivity index (χ3n) is 4.00. The summed E-state index contributed by atoms with van der Waals surface area (Å²) in [6.45, 7) is 0. The summed E-state index contributed by atoms with van der Waals surface area (Å²) in [5.41, 5.74) is -1.35. The van der Waals surface area contributed by atoms with Crippen molar-refractivity contribution in [3.8, 4) is 0 Å². The average molecular weight is 405 g/mol. The van der Waals surface area contributed by atoms with Gasteiger partial charge >= 0.3 is 11.9 Å². The van der Waals surface area contributed by atoms with E-state index in [1.54, 1.807) is 36.4 Å². The molecule has 0 fully saturated rings. The van der Waals surface area contributed by atoms with E-state index >= 15 is 0 Å². The molecule has 2 amide bonds. The van der Waals surface area contributed by atoms with Gasteiger partial charge in [0.05, 0.1) is 11.4 Å². The van der Waals surface area contributed by atoms with Crippen LogP contribution in [0.25, 0.3) is 0 Å². The summed E-state index contributed by atoms with van der Waals surface area (Å²) in [6.07, 6.45) is 0. The van der Waals surface area contributed by atoms with E-state index in [4.69, 9.17) is 0 Å². The standard InChI is InChI=1S/C21H15N3O6/c25-18(12-7-3-1-4-8-12)22-14-11-15(17(21(29)30)24-16(14)20(27)28)23-19(26)13-9-5-2-6-10-13/h1-11H,(H,22,25)(H,23,26)(H,27,28)(H,29,30). The van der Waals surface area contributed by atoms with Gasteiger partial charge in [0.15, 0.2) is 11.4 Å². The Hall–Kier alpha value is -4.53. The van der Waals surface area contributed by atoms with Crippen LogP contribution in [0.5, 0.6) is 0 Å². The first-order valence-corrected chi connectivity index (χ1v) is 8.61. The number of benzene rings is 2. The lowest BCUT2D eigenvalue weighted by Crippen LogP contribution is -2.20. The molecule has 30 heavy (non-hydrogen) atoms. The molecule has 3 rings (SSSR count). The topological polar surface area (TPSA) is 146 Å². The first kappa shape index (κ1) is 20.2. The van der Waals surface area contributed by atoms with Gasteiger partial charge < -0.3 is 20.8 Å². The summed E-state index contributed by atoms with van der Waals surface area (Å²) in [4.78, 5) is 51.6. The maximum absolute atomic E-state index is 12.4. The molecule has 2 aromatic carbocycles. The van der Waals surface area contributed by atoms with E-state index in [1.807, 2.05) is 0 Å². The number of aromatic carboxylic acids is 2. The van der Waals surface area contributed by atoms with Crippen molar-refractivity contribution in [3.05, 3.63) is 89.2 Å². The number of anilines is 2. The van der Waals surface area contributed by atoms with E-state index in [-0.39, 0.29) is 22.5 Å². The van der Waals surface area contributed by atoms with Crippen LogP contribution in [0.2, 0.25) is 0 Å². The van der Waals surface area contributed by atoms with Gasteiger partial charge in [0.2, 0.25) is 0 Å². The molecular formula is C21H15N3O6. The fraction of sp³-hybridized carbons (Fsp3) is 0. The van der Waals surface area contributed by atoms with Crippen LogP contribution in [-0.4, -0.2) is 39.0 Å². The van der Waals surface area contributed by atoms with Gasteiger partial charge in [-0.2, -0.15) is 0 Å². The van der Waals surface area contributed by atoms with Crippen molar-refractivity contribution in [3.63, 3.8) is 0 Å². The highest BCUT2D eigenvalue weighted by molar-refractivity contribution is 6.11. The molecule has 0 radical (unpaired) electrons. The maximum Gasteiger partial charge on any atom is 0.356 e. The van der Waals surface area contributed by atoms with Crippen LogP contribution >= 0.6 is 0 Å². The van der Waals surface area contributed by atoms with Gasteiger partial charge in [-0.05, 0) is 30.3 Å². The number of rotatable bonds is 6. The molecule has 9 nitrogen and oxygen atoms in total.